The van der Waals surface area contributed by atoms with Crippen molar-refractivity contribution in [1.29, 1.82) is 0 Å². The number of Topliss-reactive ketones (excluding diaryl/α,β-unsaturated/α-hetero) is 1. The molecule has 0 aromatic heterocycles. The fraction of sp³-hybridized carbons (Fsp3) is 0.357. The largest absolute Gasteiger partial charge is 0.298 e. The summed E-state index contributed by atoms with van der Waals surface area (Å²) in [4.78, 5) is 11.8. The highest BCUT2D eigenvalue weighted by molar-refractivity contribution is 5.92. The van der Waals surface area contributed by atoms with Gasteiger partial charge in [-0.15, -0.1) is 0 Å². The molecule has 1 nitrogen and oxygen atoms in total. The van der Waals surface area contributed by atoms with Crippen molar-refractivity contribution in [2.45, 2.75) is 19.3 Å². The average molecular weight is 198 g/mol. The predicted octanol–water partition coefficient (Wildman–Crippen LogP) is 2.85. The molecular formula is C14H14O. The van der Waals surface area contributed by atoms with Gasteiger partial charge in [-0.2, -0.15) is 0 Å². The van der Waals surface area contributed by atoms with Crippen LogP contribution in [0.4, 0.5) is 0 Å². The van der Waals surface area contributed by atoms with Gasteiger partial charge in [0.05, 0.1) is 0 Å². The lowest BCUT2D eigenvalue weighted by Gasteiger charge is -2.17. The summed E-state index contributed by atoms with van der Waals surface area (Å²) in [7, 11) is 0. The Morgan fingerprint density at radius 2 is 2.13 bits per heavy atom. The summed E-state index contributed by atoms with van der Waals surface area (Å²) in [5, 5.41) is 0. The molecule has 1 saturated carbocycles. The van der Waals surface area contributed by atoms with Crippen molar-refractivity contribution in [2.24, 2.45) is 11.8 Å². The standard InChI is InChI=1S/C14H14O/c1-9-3-2-4-10(7-9)13-8-11-5-6-12(13)14(11)15/h2-7,11-13H,8H2,1H3. The number of ketones is 1. The average Bonchev–Trinajstić information content (AvgIpc) is 2.74. The van der Waals surface area contributed by atoms with Gasteiger partial charge in [-0.05, 0) is 24.8 Å². The molecule has 0 N–H and O–H groups in total. The van der Waals surface area contributed by atoms with Crippen LogP contribution in [0, 0.1) is 18.8 Å². The molecule has 3 atom stereocenters. The number of benzene rings is 1. The zero-order chi connectivity index (χ0) is 10.4. The van der Waals surface area contributed by atoms with Gasteiger partial charge in [-0.1, -0.05) is 42.0 Å². The zero-order valence-electron chi connectivity index (χ0n) is 8.81. The van der Waals surface area contributed by atoms with E-state index in [0.717, 1.165) is 6.42 Å². The SMILES string of the molecule is Cc1cccc(C2CC3C=CC2C3=O)c1. The van der Waals surface area contributed by atoms with Crippen LogP contribution in [-0.2, 0) is 4.79 Å². The van der Waals surface area contributed by atoms with Gasteiger partial charge in [-0.3, -0.25) is 4.79 Å². The van der Waals surface area contributed by atoms with E-state index in [1.54, 1.807) is 0 Å². The first-order valence-electron chi connectivity index (χ1n) is 5.54. The number of hydrogen-bond donors (Lipinski definition) is 0. The fourth-order valence-electron chi connectivity index (χ4n) is 2.88. The Morgan fingerprint density at radius 1 is 1.27 bits per heavy atom. The number of allylic oxidation sites excluding steroid dienone is 2. The van der Waals surface area contributed by atoms with Crippen LogP contribution in [0.1, 0.15) is 23.5 Å². The van der Waals surface area contributed by atoms with Crippen molar-refractivity contribution >= 4 is 5.78 Å². The topological polar surface area (TPSA) is 17.1 Å². The van der Waals surface area contributed by atoms with Gasteiger partial charge >= 0.3 is 0 Å². The maximum atomic E-state index is 11.8. The van der Waals surface area contributed by atoms with Gasteiger partial charge in [0, 0.05) is 11.8 Å². The van der Waals surface area contributed by atoms with Crippen molar-refractivity contribution in [3.8, 4) is 0 Å². The minimum atomic E-state index is 0.164. The molecule has 1 fully saturated rings. The van der Waals surface area contributed by atoms with Crippen LogP contribution >= 0.6 is 0 Å². The quantitative estimate of drug-likeness (QED) is 0.634. The highest BCUT2D eigenvalue weighted by Gasteiger charge is 2.43. The minimum absolute atomic E-state index is 0.164. The van der Waals surface area contributed by atoms with E-state index in [9.17, 15) is 4.79 Å². The van der Waals surface area contributed by atoms with E-state index in [-0.39, 0.29) is 11.8 Å². The molecule has 2 aliphatic rings. The molecule has 76 valence electrons. The van der Waals surface area contributed by atoms with Crippen molar-refractivity contribution < 1.29 is 4.79 Å². The lowest BCUT2D eigenvalue weighted by Crippen LogP contribution is -2.09. The summed E-state index contributed by atoms with van der Waals surface area (Å²) in [5.74, 6) is 1.24. The number of rotatable bonds is 1. The minimum Gasteiger partial charge on any atom is -0.298 e. The first kappa shape index (κ1) is 8.90. The van der Waals surface area contributed by atoms with Gasteiger partial charge < -0.3 is 0 Å². The van der Waals surface area contributed by atoms with E-state index >= 15 is 0 Å². The molecule has 0 spiro atoms. The molecule has 1 aromatic rings. The van der Waals surface area contributed by atoms with Crippen LogP contribution in [0.15, 0.2) is 36.4 Å². The van der Waals surface area contributed by atoms with Crippen molar-refractivity contribution in [1.82, 2.24) is 0 Å². The molecule has 3 unspecified atom stereocenters. The Morgan fingerprint density at radius 3 is 2.73 bits per heavy atom. The third-order valence-electron chi connectivity index (χ3n) is 3.66. The Bertz CT molecular complexity index is 444. The molecule has 0 heterocycles. The molecular weight excluding hydrogens is 184 g/mol. The Kier molecular flexibility index (Phi) is 1.82. The Labute approximate surface area is 89.8 Å². The molecule has 0 aliphatic heterocycles. The fourth-order valence-corrected chi connectivity index (χ4v) is 2.88. The first-order valence-corrected chi connectivity index (χ1v) is 5.54. The van der Waals surface area contributed by atoms with E-state index < -0.39 is 0 Å². The summed E-state index contributed by atoms with van der Waals surface area (Å²) < 4.78 is 0. The molecule has 0 radical (unpaired) electrons. The first-order chi connectivity index (χ1) is 7.25. The van der Waals surface area contributed by atoms with Crippen LogP contribution in [0.2, 0.25) is 0 Å². The lowest BCUT2D eigenvalue weighted by molar-refractivity contribution is -0.120. The number of aryl methyl sites for hydroxylation is 1. The second-order valence-electron chi connectivity index (χ2n) is 4.68. The molecule has 2 bridgehead atoms. The molecule has 2 aliphatic carbocycles. The van der Waals surface area contributed by atoms with Gasteiger partial charge in [0.25, 0.3) is 0 Å². The van der Waals surface area contributed by atoms with Crippen molar-refractivity contribution in [2.75, 3.05) is 0 Å². The molecule has 1 aromatic carbocycles. The summed E-state index contributed by atoms with van der Waals surface area (Å²) in [6.45, 7) is 2.11. The number of carbonyl (C=O) groups excluding carboxylic acids is 1. The van der Waals surface area contributed by atoms with E-state index in [0.29, 0.717) is 11.7 Å². The number of carbonyl (C=O) groups is 1. The molecule has 1 heteroatoms. The van der Waals surface area contributed by atoms with Crippen LogP contribution in [0.5, 0.6) is 0 Å². The number of hydrogen-bond acceptors (Lipinski definition) is 1. The van der Waals surface area contributed by atoms with E-state index in [2.05, 4.69) is 43.3 Å². The third-order valence-corrected chi connectivity index (χ3v) is 3.66. The maximum Gasteiger partial charge on any atom is 0.147 e. The van der Waals surface area contributed by atoms with Crippen molar-refractivity contribution in [3.05, 3.63) is 47.5 Å². The monoisotopic (exact) mass is 198 g/mol. The second-order valence-corrected chi connectivity index (χ2v) is 4.68. The second kappa shape index (κ2) is 3.06. The number of fused-ring (bicyclic) bond motifs is 2. The highest BCUT2D eigenvalue weighted by atomic mass is 16.1. The third kappa shape index (κ3) is 1.26. The van der Waals surface area contributed by atoms with E-state index in [1.165, 1.54) is 11.1 Å². The molecule has 0 saturated heterocycles. The normalized spacial score (nSPS) is 32.6. The molecule has 15 heavy (non-hydrogen) atoms. The molecule has 3 rings (SSSR count). The zero-order valence-corrected chi connectivity index (χ0v) is 8.81. The maximum absolute atomic E-state index is 11.8. The lowest BCUT2D eigenvalue weighted by atomic mass is 9.86. The van der Waals surface area contributed by atoms with Crippen LogP contribution in [0.3, 0.4) is 0 Å². The highest BCUT2D eigenvalue weighted by Crippen LogP contribution is 2.46. The summed E-state index contributed by atoms with van der Waals surface area (Å²) >= 11 is 0. The predicted molar refractivity (Wildman–Crippen MR) is 59.7 cm³/mol. The van der Waals surface area contributed by atoms with Crippen LogP contribution < -0.4 is 0 Å². The summed E-state index contributed by atoms with van der Waals surface area (Å²) in [6.07, 6.45) is 5.20. The summed E-state index contributed by atoms with van der Waals surface area (Å²) in [5.41, 5.74) is 2.62. The Balaban J connectivity index is 1.97. The van der Waals surface area contributed by atoms with Crippen LogP contribution in [0.25, 0.3) is 0 Å². The van der Waals surface area contributed by atoms with E-state index in [4.69, 9.17) is 0 Å². The smallest absolute Gasteiger partial charge is 0.147 e. The van der Waals surface area contributed by atoms with Gasteiger partial charge in [0.1, 0.15) is 5.78 Å². The van der Waals surface area contributed by atoms with Gasteiger partial charge in [-0.25, -0.2) is 0 Å². The van der Waals surface area contributed by atoms with Crippen LogP contribution in [-0.4, -0.2) is 5.78 Å². The summed E-state index contributed by atoms with van der Waals surface area (Å²) in [6, 6.07) is 8.56. The van der Waals surface area contributed by atoms with Gasteiger partial charge in [0.2, 0.25) is 0 Å². The molecule has 0 amide bonds. The van der Waals surface area contributed by atoms with Crippen molar-refractivity contribution in [3.63, 3.8) is 0 Å². The Hall–Kier alpha value is -1.37. The van der Waals surface area contributed by atoms with Gasteiger partial charge in [0.15, 0.2) is 0 Å². The van der Waals surface area contributed by atoms with E-state index in [1.807, 2.05) is 0 Å².